The zero-order valence-corrected chi connectivity index (χ0v) is 34.3. The Morgan fingerprint density at radius 1 is 0.597 bits per heavy atom. The number of nitrogens with one attached hydrogen (secondary N) is 2. The summed E-state index contributed by atoms with van der Waals surface area (Å²) in [5.41, 5.74) is 2.38. The van der Waals surface area contributed by atoms with E-state index in [1.54, 1.807) is 109 Å². The average Bonchev–Trinajstić information content (AvgIpc) is 3.87. The van der Waals surface area contributed by atoms with Gasteiger partial charge in [-0.15, -0.1) is 0 Å². The highest BCUT2D eigenvalue weighted by Crippen LogP contribution is 2.26. The Morgan fingerprint density at radius 3 is 1.35 bits per heavy atom. The van der Waals surface area contributed by atoms with E-state index in [4.69, 9.17) is 23.2 Å². The highest BCUT2D eigenvalue weighted by atomic mass is 35.5. The van der Waals surface area contributed by atoms with Crippen molar-refractivity contribution in [1.29, 1.82) is 0 Å². The maximum absolute atomic E-state index is 13.8. The Hall–Kier alpha value is -7.12. The Kier molecular flexibility index (Phi) is 13.2. The van der Waals surface area contributed by atoms with Crippen molar-refractivity contribution in [3.05, 3.63) is 176 Å². The van der Waals surface area contributed by atoms with Gasteiger partial charge in [-0.05, 0) is 59.7 Å². The van der Waals surface area contributed by atoms with E-state index in [-0.39, 0.29) is 34.4 Å². The minimum Gasteiger partial charge on any atom is -0.394 e. The molecular formula is C42H36Cl2F2N12O4. The molecule has 6 aromatic heterocycles. The van der Waals surface area contributed by atoms with Gasteiger partial charge in [0.2, 0.25) is 11.9 Å². The van der Waals surface area contributed by atoms with Crippen molar-refractivity contribution >= 4 is 46.7 Å². The van der Waals surface area contributed by atoms with Gasteiger partial charge in [-0.1, -0.05) is 35.3 Å². The molecule has 0 saturated heterocycles. The molecule has 20 heteroatoms. The van der Waals surface area contributed by atoms with Gasteiger partial charge in [0.25, 0.3) is 11.1 Å². The first kappa shape index (κ1) is 43.0. The molecule has 0 aliphatic heterocycles. The van der Waals surface area contributed by atoms with Gasteiger partial charge in [-0.3, -0.25) is 19.0 Å². The molecule has 6 heterocycles. The van der Waals surface area contributed by atoms with Crippen molar-refractivity contribution in [1.82, 2.24) is 48.6 Å². The van der Waals surface area contributed by atoms with Crippen LogP contribution in [0.15, 0.2) is 132 Å². The van der Waals surface area contributed by atoms with Gasteiger partial charge >= 0.3 is 0 Å². The van der Waals surface area contributed by atoms with E-state index in [0.717, 1.165) is 0 Å². The number of aliphatic hydroxyl groups is 2. The van der Waals surface area contributed by atoms with E-state index >= 15 is 0 Å². The molecule has 0 spiro atoms. The van der Waals surface area contributed by atoms with Crippen LogP contribution in [0.5, 0.6) is 0 Å². The van der Waals surface area contributed by atoms with Crippen molar-refractivity contribution < 1.29 is 19.0 Å². The molecule has 4 N–H and O–H groups in total. The third-order valence-corrected chi connectivity index (χ3v) is 10.2. The maximum atomic E-state index is 13.8. The molecule has 0 fully saturated rings. The molecule has 0 unspecified atom stereocenters. The second-order valence-corrected chi connectivity index (χ2v) is 14.3. The molecule has 2 aromatic carbocycles. The van der Waals surface area contributed by atoms with E-state index in [1.807, 2.05) is 0 Å². The number of nitrogens with zero attached hydrogens (tertiary/aromatic N) is 10. The lowest BCUT2D eigenvalue weighted by molar-refractivity contribution is 0.246. The molecule has 0 radical (unpaired) electrons. The van der Waals surface area contributed by atoms with Crippen LogP contribution < -0.4 is 21.8 Å². The number of aryl methyl sites for hydroxylation is 2. The van der Waals surface area contributed by atoms with Crippen LogP contribution in [0.1, 0.15) is 23.2 Å². The smallest absolute Gasteiger partial charge is 0.251 e. The SMILES string of the molecule is Cn1nccc1Nc1nccc(-c2ccn([C@H](CO)c3ccc(Cl)c(F)c3)c(=O)c2)n1.Cn1nccc1Nc1nccc(-c2ccn([C@H](CO)c3ccc(Cl)c(F)c3)c(=O)c2)n1. The lowest BCUT2D eigenvalue weighted by atomic mass is 10.1. The Labute approximate surface area is 361 Å². The van der Waals surface area contributed by atoms with E-state index in [1.165, 1.54) is 45.5 Å². The molecule has 0 saturated carbocycles. The van der Waals surface area contributed by atoms with E-state index in [0.29, 0.717) is 57.2 Å². The van der Waals surface area contributed by atoms with E-state index in [9.17, 15) is 28.6 Å². The predicted octanol–water partition coefficient (Wildman–Crippen LogP) is 6.31. The van der Waals surface area contributed by atoms with Crippen LogP contribution >= 0.6 is 23.2 Å². The highest BCUT2D eigenvalue weighted by molar-refractivity contribution is 6.31. The van der Waals surface area contributed by atoms with Crippen molar-refractivity contribution in [3.63, 3.8) is 0 Å². The van der Waals surface area contributed by atoms with Gasteiger partial charge in [-0.25, -0.2) is 28.7 Å². The van der Waals surface area contributed by atoms with Gasteiger partial charge in [0, 0.05) is 74.3 Å². The van der Waals surface area contributed by atoms with Crippen LogP contribution in [0.25, 0.3) is 22.5 Å². The van der Waals surface area contributed by atoms with Crippen LogP contribution in [-0.2, 0) is 14.1 Å². The number of hydrogen-bond donors (Lipinski definition) is 4. The molecule has 316 valence electrons. The topological polar surface area (TPSA) is 196 Å². The maximum Gasteiger partial charge on any atom is 0.251 e. The minimum absolute atomic E-state index is 0.0255. The molecule has 8 aromatic rings. The Bertz CT molecular complexity index is 2780. The van der Waals surface area contributed by atoms with Crippen LogP contribution in [0, 0.1) is 11.6 Å². The summed E-state index contributed by atoms with van der Waals surface area (Å²) >= 11 is 11.5. The van der Waals surface area contributed by atoms with E-state index < -0.39 is 23.7 Å². The standard InChI is InChI=1S/2C21H18ClFN6O2/c2*1-28-19(5-8-25-28)27-21-24-7-4-17(26-21)13-6-9-29(20(31)11-13)18(12-30)14-2-3-15(22)16(23)10-14/h2*2-11,18,30H,12H2,1H3,(H,24,26,27)/t2*18-/m11/s1. The second kappa shape index (κ2) is 19.1. The first-order valence-electron chi connectivity index (χ1n) is 18.6. The highest BCUT2D eigenvalue weighted by Gasteiger charge is 2.19. The molecule has 0 aliphatic rings. The van der Waals surface area contributed by atoms with Gasteiger partial charge < -0.3 is 30.0 Å². The first-order valence-corrected chi connectivity index (χ1v) is 19.4. The van der Waals surface area contributed by atoms with Crippen molar-refractivity contribution in [3.8, 4) is 22.5 Å². The summed E-state index contributed by atoms with van der Waals surface area (Å²) in [7, 11) is 3.58. The Balaban J connectivity index is 0.000000186. The normalized spacial score (nSPS) is 12.0. The minimum atomic E-state index is -0.749. The molecule has 0 amide bonds. The summed E-state index contributed by atoms with van der Waals surface area (Å²) in [5.74, 6) is 0.917. The molecular weight excluding hydrogens is 845 g/mol. The largest absolute Gasteiger partial charge is 0.394 e. The molecule has 0 bridgehead atoms. The van der Waals surface area contributed by atoms with Crippen molar-refractivity contribution in [2.75, 3.05) is 23.8 Å². The number of aromatic nitrogens is 10. The zero-order chi connectivity index (χ0) is 43.9. The fraction of sp³-hybridized carbons (Fsp3) is 0.143. The quantitative estimate of drug-likeness (QED) is 0.107. The second-order valence-electron chi connectivity index (χ2n) is 13.5. The van der Waals surface area contributed by atoms with Gasteiger partial charge in [0.1, 0.15) is 23.3 Å². The average molecular weight is 882 g/mol. The molecule has 0 aliphatic carbocycles. The zero-order valence-electron chi connectivity index (χ0n) is 32.8. The lowest BCUT2D eigenvalue weighted by Crippen LogP contribution is -2.27. The van der Waals surface area contributed by atoms with E-state index in [2.05, 4.69) is 40.8 Å². The molecule has 8 rings (SSSR count). The fourth-order valence-electron chi connectivity index (χ4n) is 6.34. The third kappa shape index (κ3) is 9.74. The number of rotatable bonds is 12. The number of hydrogen-bond acceptors (Lipinski definition) is 12. The van der Waals surface area contributed by atoms with Crippen LogP contribution in [0.4, 0.5) is 32.3 Å². The summed E-state index contributed by atoms with van der Waals surface area (Å²) in [6.45, 7) is -0.765. The van der Waals surface area contributed by atoms with Crippen LogP contribution in [-0.4, -0.2) is 72.1 Å². The number of pyridine rings is 2. The van der Waals surface area contributed by atoms with Crippen LogP contribution in [0.3, 0.4) is 0 Å². The fourth-order valence-corrected chi connectivity index (χ4v) is 6.58. The summed E-state index contributed by atoms with van der Waals surface area (Å²) in [5, 5.41) is 33.9. The van der Waals surface area contributed by atoms with Gasteiger partial charge in [0.15, 0.2) is 0 Å². The number of anilines is 4. The summed E-state index contributed by atoms with van der Waals surface area (Å²) in [6, 6.07) is 20.0. The molecule has 16 nitrogen and oxygen atoms in total. The lowest BCUT2D eigenvalue weighted by Gasteiger charge is -2.18. The van der Waals surface area contributed by atoms with Crippen LogP contribution in [0.2, 0.25) is 10.0 Å². The van der Waals surface area contributed by atoms with Crippen molar-refractivity contribution in [2.24, 2.45) is 14.1 Å². The predicted molar refractivity (Wildman–Crippen MR) is 230 cm³/mol. The monoisotopic (exact) mass is 880 g/mol. The van der Waals surface area contributed by atoms with Gasteiger partial charge in [-0.2, -0.15) is 10.2 Å². The Morgan fingerprint density at radius 2 is 1.02 bits per heavy atom. The number of benzene rings is 2. The third-order valence-electron chi connectivity index (χ3n) is 9.59. The molecule has 2 atom stereocenters. The first-order chi connectivity index (χ1) is 29.9. The number of halogens is 4. The van der Waals surface area contributed by atoms with Crippen molar-refractivity contribution in [2.45, 2.75) is 12.1 Å². The molecule has 62 heavy (non-hydrogen) atoms. The van der Waals surface area contributed by atoms with Gasteiger partial charge in [0.05, 0.1) is 59.1 Å². The number of aliphatic hydroxyl groups excluding tert-OH is 2. The summed E-state index contributed by atoms with van der Waals surface area (Å²) in [4.78, 5) is 42.9. The summed E-state index contributed by atoms with van der Waals surface area (Å²) < 4.78 is 33.7. The summed E-state index contributed by atoms with van der Waals surface area (Å²) in [6.07, 6.45) is 9.55.